The van der Waals surface area contributed by atoms with Crippen LogP contribution in [0.15, 0.2) is 12.4 Å². The molecule has 1 fully saturated rings. The summed E-state index contributed by atoms with van der Waals surface area (Å²) in [6, 6.07) is 0. The van der Waals surface area contributed by atoms with E-state index in [0.29, 0.717) is 5.82 Å². The highest BCUT2D eigenvalue weighted by molar-refractivity contribution is 5.42. The molecule has 5 heteroatoms. The number of nitrogens with zero attached hydrogens (tertiary/aromatic N) is 3. The summed E-state index contributed by atoms with van der Waals surface area (Å²) in [6.07, 6.45) is 8.81. The van der Waals surface area contributed by atoms with Gasteiger partial charge in [-0.05, 0) is 18.8 Å². The van der Waals surface area contributed by atoms with Crippen molar-refractivity contribution in [2.24, 2.45) is 11.8 Å². The number of nitrogen functional groups attached to an aromatic ring is 1. The number of nitrogens with two attached hydrogens (primary N) is 1. The lowest BCUT2D eigenvalue weighted by Crippen LogP contribution is -2.25. The van der Waals surface area contributed by atoms with Gasteiger partial charge in [0.1, 0.15) is 5.82 Å². The molecule has 1 heterocycles. The van der Waals surface area contributed by atoms with Gasteiger partial charge < -0.3 is 10.3 Å². The number of hydrogen-bond donors (Lipinski definition) is 2. The van der Waals surface area contributed by atoms with Gasteiger partial charge in [-0.15, -0.1) is 0 Å². The third-order valence-corrected chi connectivity index (χ3v) is 3.17. The van der Waals surface area contributed by atoms with E-state index in [-0.39, 0.29) is 0 Å². The lowest BCUT2D eigenvalue weighted by Gasteiger charge is -2.21. The molecule has 1 aromatic rings. The first-order chi connectivity index (χ1) is 7.79. The molecule has 0 aliphatic heterocycles. The molecule has 0 spiro atoms. The average molecular weight is 221 g/mol. The van der Waals surface area contributed by atoms with Crippen molar-refractivity contribution >= 4 is 11.6 Å². The van der Waals surface area contributed by atoms with Gasteiger partial charge in [-0.1, -0.05) is 12.8 Å². The van der Waals surface area contributed by atoms with E-state index in [9.17, 15) is 0 Å². The summed E-state index contributed by atoms with van der Waals surface area (Å²) in [4.78, 5) is 10.6. The molecule has 0 unspecified atom stereocenters. The minimum atomic E-state index is 0.607. The van der Waals surface area contributed by atoms with Gasteiger partial charge in [0.05, 0.1) is 12.4 Å². The standard InChI is InChI=1S/C11H19N5/c1-16(8-9-4-2-3-5-9)11-7-13-6-10(14-11)15-12/h6-7,9H,2-5,8,12H2,1H3,(H,14,15). The first-order valence-electron chi connectivity index (χ1n) is 5.79. The molecular formula is C11H19N5. The van der Waals surface area contributed by atoms with Crippen LogP contribution in [0.2, 0.25) is 0 Å². The molecule has 0 radical (unpaired) electrons. The number of nitrogens with one attached hydrogen (secondary N) is 1. The molecule has 0 amide bonds. The second kappa shape index (κ2) is 5.12. The van der Waals surface area contributed by atoms with Crippen LogP contribution in [0.25, 0.3) is 0 Å². The number of rotatable bonds is 4. The van der Waals surface area contributed by atoms with Crippen molar-refractivity contribution in [2.45, 2.75) is 25.7 Å². The zero-order chi connectivity index (χ0) is 11.4. The zero-order valence-electron chi connectivity index (χ0n) is 9.69. The van der Waals surface area contributed by atoms with Crippen LogP contribution >= 0.6 is 0 Å². The van der Waals surface area contributed by atoms with Crippen molar-refractivity contribution in [3.8, 4) is 0 Å². The van der Waals surface area contributed by atoms with E-state index >= 15 is 0 Å². The van der Waals surface area contributed by atoms with Gasteiger partial charge in [0.15, 0.2) is 5.82 Å². The van der Waals surface area contributed by atoms with Crippen LogP contribution in [0.5, 0.6) is 0 Å². The van der Waals surface area contributed by atoms with Crippen molar-refractivity contribution in [2.75, 3.05) is 23.9 Å². The molecule has 2 rings (SSSR count). The molecule has 1 aliphatic carbocycles. The third-order valence-electron chi connectivity index (χ3n) is 3.17. The summed E-state index contributed by atoms with van der Waals surface area (Å²) >= 11 is 0. The minimum absolute atomic E-state index is 0.607. The average Bonchev–Trinajstić information content (AvgIpc) is 2.82. The van der Waals surface area contributed by atoms with E-state index in [0.717, 1.165) is 18.3 Å². The van der Waals surface area contributed by atoms with Gasteiger partial charge in [-0.3, -0.25) is 4.98 Å². The fourth-order valence-electron chi connectivity index (χ4n) is 2.28. The SMILES string of the molecule is CN(CC1CCCC1)c1cncc(NN)n1. The van der Waals surface area contributed by atoms with Crippen LogP contribution in [0.4, 0.5) is 11.6 Å². The van der Waals surface area contributed by atoms with E-state index in [4.69, 9.17) is 5.84 Å². The second-order valence-electron chi connectivity index (χ2n) is 4.44. The molecule has 5 nitrogen and oxygen atoms in total. The highest BCUT2D eigenvalue weighted by Crippen LogP contribution is 2.26. The molecule has 1 aromatic heterocycles. The molecular weight excluding hydrogens is 202 g/mol. The van der Waals surface area contributed by atoms with Crippen molar-refractivity contribution in [1.29, 1.82) is 0 Å². The Kier molecular flexibility index (Phi) is 3.56. The summed E-state index contributed by atoms with van der Waals surface area (Å²) in [5, 5.41) is 0. The molecule has 0 atom stereocenters. The summed E-state index contributed by atoms with van der Waals surface area (Å²) < 4.78 is 0. The Labute approximate surface area is 96.0 Å². The van der Waals surface area contributed by atoms with Gasteiger partial charge in [0.2, 0.25) is 0 Å². The second-order valence-corrected chi connectivity index (χ2v) is 4.44. The molecule has 0 bridgehead atoms. The van der Waals surface area contributed by atoms with Gasteiger partial charge in [-0.2, -0.15) is 0 Å². The van der Waals surface area contributed by atoms with E-state index < -0.39 is 0 Å². The number of hydrogen-bond acceptors (Lipinski definition) is 5. The molecule has 0 saturated heterocycles. The van der Waals surface area contributed by atoms with Crippen LogP contribution in [-0.2, 0) is 0 Å². The van der Waals surface area contributed by atoms with Crippen LogP contribution in [0.1, 0.15) is 25.7 Å². The summed E-state index contributed by atoms with van der Waals surface area (Å²) in [6.45, 7) is 1.06. The largest absolute Gasteiger partial charge is 0.358 e. The Hall–Kier alpha value is -1.36. The van der Waals surface area contributed by atoms with Gasteiger partial charge >= 0.3 is 0 Å². The van der Waals surface area contributed by atoms with Crippen LogP contribution < -0.4 is 16.2 Å². The van der Waals surface area contributed by atoms with Crippen LogP contribution in [0.3, 0.4) is 0 Å². The van der Waals surface area contributed by atoms with Gasteiger partial charge in [0, 0.05) is 13.6 Å². The van der Waals surface area contributed by atoms with Crippen LogP contribution in [0, 0.1) is 5.92 Å². The summed E-state index contributed by atoms with van der Waals surface area (Å²) in [5.74, 6) is 7.60. The first-order valence-corrected chi connectivity index (χ1v) is 5.79. The van der Waals surface area contributed by atoms with Crippen molar-refractivity contribution in [1.82, 2.24) is 9.97 Å². The summed E-state index contributed by atoms with van der Waals surface area (Å²) in [7, 11) is 2.06. The monoisotopic (exact) mass is 221 g/mol. The van der Waals surface area contributed by atoms with Crippen LogP contribution in [-0.4, -0.2) is 23.6 Å². The normalized spacial score (nSPS) is 16.4. The number of hydrazine groups is 1. The molecule has 1 saturated carbocycles. The predicted molar refractivity (Wildman–Crippen MR) is 65.1 cm³/mol. The predicted octanol–water partition coefficient (Wildman–Crippen LogP) is 1.39. The van der Waals surface area contributed by atoms with E-state index in [1.54, 1.807) is 12.4 Å². The Morgan fingerprint density at radius 2 is 2.19 bits per heavy atom. The topological polar surface area (TPSA) is 67.1 Å². The Morgan fingerprint density at radius 1 is 1.44 bits per heavy atom. The molecule has 1 aliphatic rings. The van der Waals surface area contributed by atoms with Gasteiger partial charge in [0.25, 0.3) is 0 Å². The Morgan fingerprint density at radius 3 is 2.88 bits per heavy atom. The number of aromatic nitrogens is 2. The summed E-state index contributed by atoms with van der Waals surface area (Å²) in [5.41, 5.74) is 2.52. The van der Waals surface area contributed by atoms with Crippen molar-refractivity contribution in [3.05, 3.63) is 12.4 Å². The molecule has 3 N–H and O–H groups in total. The maximum absolute atomic E-state index is 5.31. The highest BCUT2D eigenvalue weighted by atomic mass is 15.3. The fraction of sp³-hybridized carbons (Fsp3) is 0.636. The lowest BCUT2D eigenvalue weighted by atomic mass is 10.1. The quantitative estimate of drug-likeness (QED) is 0.594. The zero-order valence-corrected chi connectivity index (χ0v) is 9.69. The van der Waals surface area contributed by atoms with Crippen molar-refractivity contribution in [3.63, 3.8) is 0 Å². The van der Waals surface area contributed by atoms with E-state index in [1.165, 1.54) is 25.7 Å². The minimum Gasteiger partial charge on any atom is -0.358 e. The maximum Gasteiger partial charge on any atom is 0.160 e. The van der Waals surface area contributed by atoms with Gasteiger partial charge in [-0.25, -0.2) is 10.8 Å². The maximum atomic E-state index is 5.31. The third kappa shape index (κ3) is 2.61. The fourth-order valence-corrected chi connectivity index (χ4v) is 2.28. The van der Waals surface area contributed by atoms with E-state index in [1.807, 2.05) is 0 Å². The Balaban J connectivity index is 1.98. The molecule has 16 heavy (non-hydrogen) atoms. The molecule has 0 aromatic carbocycles. The first kappa shape index (κ1) is 11.1. The number of anilines is 2. The van der Waals surface area contributed by atoms with Crippen molar-refractivity contribution < 1.29 is 0 Å². The smallest absolute Gasteiger partial charge is 0.160 e. The molecule has 88 valence electrons. The van der Waals surface area contributed by atoms with E-state index in [2.05, 4.69) is 27.3 Å². The lowest BCUT2D eigenvalue weighted by molar-refractivity contribution is 0.545. The Bertz CT molecular complexity index is 335. The highest BCUT2D eigenvalue weighted by Gasteiger charge is 2.17.